The Hall–Kier alpha value is -5.74. The van der Waals surface area contributed by atoms with Crippen LogP contribution in [-0.4, -0.2) is 53.1 Å². The van der Waals surface area contributed by atoms with Gasteiger partial charge in [0, 0.05) is 58.9 Å². The van der Waals surface area contributed by atoms with Crippen molar-refractivity contribution in [3.8, 4) is 0 Å². The van der Waals surface area contributed by atoms with Crippen LogP contribution < -0.4 is 11.2 Å². The molecule has 30 heteroatoms. The monoisotopic (exact) mass is 1620 g/mol. The SMILES string of the molecule is CC(C)Cc1cc(Cl)c(Cl)cc1N.CC(C)Cc1cc(Cl)c(Cl)cc1[N+](=O)[O-].CC(C)n1c(Cc2cccc(C(=O)NO)c2)nc2cc(Cl)c(Cl)cc21.COC(=O)c1cccc(Cc2nc3cc(Cl)c(Cl)cc3n2C(C)C)c1.Clc1ccc(Cl)c(Cl)c1.O=[N+]([O-])c1cc(Cl)c(Cl)cc1Cl. The number of hydrogen-bond acceptors (Lipinski definition) is 11. The third kappa shape index (κ3) is 24.5. The Bertz CT molecular complexity index is 4390. The fourth-order valence-electron chi connectivity index (χ4n) is 9.55. The first kappa shape index (κ1) is 83.9. The van der Waals surface area contributed by atoms with Gasteiger partial charge in [0.05, 0.1) is 105 Å². The Balaban J connectivity index is 0.000000223. The molecule has 2 aromatic heterocycles. The number of rotatable bonds is 14. The number of amides is 1. The number of hydroxylamine groups is 1. The van der Waals surface area contributed by atoms with Crippen LogP contribution in [-0.2, 0) is 30.4 Å². The van der Waals surface area contributed by atoms with Gasteiger partial charge in [0.2, 0.25) is 0 Å². The highest BCUT2D eigenvalue weighted by molar-refractivity contribution is 6.46. The second-order valence-electron chi connectivity index (χ2n) is 23.0. The predicted octanol–water partition coefficient (Wildman–Crippen LogP) is 25.0. The second-order valence-corrected chi connectivity index (χ2v) is 28.8. The van der Waals surface area contributed by atoms with Crippen molar-refractivity contribution in [2.24, 2.45) is 11.8 Å². The number of nitrogens with one attached hydrogen (secondary N) is 1. The first-order chi connectivity index (χ1) is 46.4. The van der Waals surface area contributed by atoms with Crippen LogP contribution in [0.1, 0.15) is 122 Å². The fourth-order valence-corrected chi connectivity index (χ4v) is 12.0. The number of ether oxygens (including phenoxy) is 1. The lowest BCUT2D eigenvalue weighted by atomic mass is 10.0. The summed E-state index contributed by atoms with van der Waals surface area (Å²) in [5.41, 5.74) is 15.9. The number of halogens is 14. The number of aromatic nitrogens is 4. The van der Waals surface area contributed by atoms with Crippen molar-refractivity contribution in [1.82, 2.24) is 24.6 Å². The van der Waals surface area contributed by atoms with Crippen LogP contribution in [0.5, 0.6) is 0 Å². The topological polar surface area (TPSA) is 224 Å². The third-order valence-electron chi connectivity index (χ3n) is 13.8. The maximum atomic E-state index is 11.7. The van der Waals surface area contributed by atoms with Gasteiger partial charge in [-0.25, -0.2) is 20.2 Å². The van der Waals surface area contributed by atoms with Crippen LogP contribution in [0.15, 0.2) is 127 Å². The Morgan fingerprint density at radius 2 is 0.879 bits per heavy atom. The average molecular weight is 1630 g/mol. The summed E-state index contributed by atoms with van der Waals surface area (Å²) in [6.07, 6.45) is 2.68. The maximum absolute atomic E-state index is 11.7. The molecule has 99 heavy (non-hydrogen) atoms. The molecule has 4 N–H and O–H groups in total. The molecule has 1 amide bonds. The van der Waals surface area contributed by atoms with Gasteiger partial charge in [-0.15, -0.1) is 0 Å². The van der Waals surface area contributed by atoms with Crippen molar-refractivity contribution in [1.29, 1.82) is 0 Å². The molecule has 16 nitrogen and oxygen atoms in total. The number of carbonyl (C=O) groups is 2. The van der Waals surface area contributed by atoms with Crippen molar-refractivity contribution in [2.75, 3.05) is 12.8 Å². The number of nitrogen functional groups attached to an aromatic ring is 1. The molecular formula is C69H64Cl14N8O8. The van der Waals surface area contributed by atoms with Crippen molar-refractivity contribution in [2.45, 2.75) is 93.2 Å². The van der Waals surface area contributed by atoms with E-state index in [1.165, 1.54) is 19.2 Å². The number of nitro benzene ring substituents is 2. The predicted molar refractivity (Wildman–Crippen MR) is 410 cm³/mol. The molecule has 0 unspecified atom stereocenters. The smallest absolute Gasteiger partial charge is 0.337 e. The number of methoxy groups -OCH3 is 1. The van der Waals surface area contributed by atoms with E-state index >= 15 is 0 Å². The minimum atomic E-state index is -0.620. The molecule has 0 saturated heterocycles. The molecule has 0 bridgehead atoms. The third-order valence-corrected chi connectivity index (χ3v) is 18.7. The van der Waals surface area contributed by atoms with E-state index in [2.05, 4.69) is 50.7 Å². The molecule has 10 rings (SSSR count). The summed E-state index contributed by atoms with van der Waals surface area (Å²) < 4.78 is 9.04. The van der Waals surface area contributed by atoms with Gasteiger partial charge in [-0.3, -0.25) is 30.2 Å². The Morgan fingerprint density at radius 1 is 0.485 bits per heavy atom. The molecule has 0 aliphatic heterocycles. The maximum Gasteiger partial charge on any atom is 0.337 e. The minimum absolute atomic E-state index is 0.0191. The number of imidazole rings is 2. The van der Waals surface area contributed by atoms with Gasteiger partial charge in [-0.1, -0.05) is 214 Å². The number of esters is 1. The Kier molecular flexibility index (Phi) is 33.1. The van der Waals surface area contributed by atoms with Gasteiger partial charge < -0.3 is 19.6 Å². The van der Waals surface area contributed by atoms with E-state index in [9.17, 15) is 29.8 Å². The first-order valence-electron chi connectivity index (χ1n) is 29.6. The van der Waals surface area contributed by atoms with E-state index in [0.717, 1.165) is 68.6 Å². The molecule has 0 saturated carbocycles. The molecule has 0 spiro atoms. The molecule has 526 valence electrons. The summed E-state index contributed by atoms with van der Waals surface area (Å²) in [6.45, 7) is 16.6. The molecule has 10 aromatic rings. The lowest BCUT2D eigenvalue weighted by Gasteiger charge is -2.13. The zero-order valence-corrected chi connectivity index (χ0v) is 64.7. The highest BCUT2D eigenvalue weighted by Gasteiger charge is 2.21. The molecule has 8 aromatic carbocycles. The molecule has 0 aliphatic carbocycles. The average Bonchev–Trinajstić information content (AvgIpc) is 1.73. The van der Waals surface area contributed by atoms with E-state index in [1.807, 2.05) is 56.3 Å². The molecule has 0 aliphatic rings. The summed E-state index contributed by atoms with van der Waals surface area (Å²) >= 11 is 81.2. The van der Waals surface area contributed by atoms with E-state index in [0.29, 0.717) is 98.0 Å². The van der Waals surface area contributed by atoms with Gasteiger partial charge in [0.25, 0.3) is 17.3 Å². The number of nitrogens with two attached hydrogens (primary N) is 1. The Labute approximate surface area is 642 Å². The summed E-state index contributed by atoms with van der Waals surface area (Å²) in [5.74, 6) is 1.76. The number of nitro groups is 2. The van der Waals surface area contributed by atoms with Gasteiger partial charge in [-0.2, -0.15) is 0 Å². The van der Waals surface area contributed by atoms with Gasteiger partial charge in [0.15, 0.2) is 0 Å². The number of anilines is 1. The summed E-state index contributed by atoms with van der Waals surface area (Å²) in [5, 5.41) is 35.4. The van der Waals surface area contributed by atoms with Crippen LogP contribution >= 0.6 is 162 Å². The number of nitrogens with zero attached hydrogens (tertiary/aromatic N) is 6. The van der Waals surface area contributed by atoms with Crippen molar-refractivity contribution < 1.29 is 29.4 Å². The van der Waals surface area contributed by atoms with Crippen molar-refractivity contribution in [3.05, 3.63) is 263 Å². The lowest BCUT2D eigenvalue weighted by Crippen LogP contribution is -2.18. The molecule has 2 heterocycles. The van der Waals surface area contributed by atoms with Crippen LogP contribution in [0, 0.1) is 32.1 Å². The molecule has 0 fully saturated rings. The molecule has 0 atom stereocenters. The van der Waals surface area contributed by atoms with Crippen LogP contribution in [0.2, 0.25) is 70.3 Å². The number of fused-ring (bicyclic) bond motifs is 2. The second kappa shape index (κ2) is 39.1. The number of hydrogen-bond donors (Lipinski definition) is 3. The molecular weight excluding hydrogens is 1570 g/mol. The van der Waals surface area contributed by atoms with E-state index in [4.69, 9.17) is 188 Å². The largest absolute Gasteiger partial charge is 0.465 e. The van der Waals surface area contributed by atoms with Crippen molar-refractivity contribution in [3.63, 3.8) is 0 Å². The minimum Gasteiger partial charge on any atom is -0.465 e. The number of carbonyl (C=O) groups excluding carboxylic acids is 2. The van der Waals surface area contributed by atoms with E-state index in [-0.39, 0.29) is 49.5 Å². The summed E-state index contributed by atoms with van der Waals surface area (Å²) in [7, 11) is 1.38. The molecule has 0 radical (unpaired) electrons. The van der Waals surface area contributed by atoms with Crippen LogP contribution in [0.25, 0.3) is 22.1 Å². The lowest BCUT2D eigenvalue weighted by molar-refractivity contribution is -0.385. The van der Waals surface area contributed by atoms with Crippen LogP contribution in [0.3, 0.4) is 0 Å². The van der Waals surface area contributed by atoms with E-state index < -0.39 is 15.8 Å². The van der Waals surface area contributed by atoms with E-state index in [1.54, 1.807) is 72.2 Å². The van der Waals surface area contributed by atoms with Crippen LogP contribution in [0.4, 0.5) is 17.1 Å². The number of benzene rings is 8. The highest BCUT2D eigenvalue weighted by Crippen LogP contribution is 2.37. The quantitative estimate of drug-likeness (QED) is 0.0232. The normalized spacial score (nSPS) is 10.8. The van der Waals surface area contributed by atoms with Gasteiger partial charge >= 0.3 is 5.97 Å². The zero-order valence-electron chi connectivity index (χ0n) is 54.1. The van der Waals surface area contributed by atoms with Crippen molar-refractivity contribution >= 4 is 213 Å². The summed E-state index contributed by atoms with van der Waals surface area (Å²) in [4.78, 5) is 52.8. The van der Waals surface area contributed by atoms with Gasteiger partial charge in [-0.05, 0) is 160 Å². The summed E-state index contributed by atoms with van der Waals surface area (Å²) in [6, 6.07) is 35.8. The fraction of sp³-hybridized carbons (Fsp3) is 0.246. The first-order valence-corrected chi connectivity index (χ1v) is 34.9. The highest BCUT2D eigenvalue weighted by atomic mass is 35.5. The zero-order chi connectivity index (χ0) is 74.0. The standard InChI is InChI=1S/C19H18Cl2N2O2.C18H17Cl2N3O2.C10H11Cl2NO2.C10H13Cl2N.C6H2Cl3NO2.C6H3Cl3/c1-11(2)23-17-10-15(21)14(20)9-16(17)22-18(23)8-12-5-4-6-13(7-12)19(24)25-3;1-10(2)23-16-9-14(20)13(19)8-15(16)21-17(23)7-11-4-3-5-12(6-11)18(24)22-25;1-6(2)3-7-4-8(11)9(12)5-10(7)13(14)15;1-6(2)3-7-4-8(11)9(12)5-10(7)13;7-3-1-5(9)6(10(11)12)2-4(3)8;7-4-1-2-5(8)6(9)3-4/h4-7,9-11H,8H2,1-3H3;3-6,8-10,25H,7H2,1-2H3,(H,22,24);4-6H,3H2,1-2H3;4-6H,3,13H2,1-2H3;1-2H;1-3H. The van der Waals surface area contributed by atoms with Gasteiger partial charge in [0.1, 0.15) is 16.7 Å². The Morgan fingerprint density at radius 3 is 1.31 bits per heavy atom.